The Morgan fingerprint density at radius 3 is 2.64 bits per heavy atom. The number of benzene rings is 1. The zero-order valence-electron chi connectivity index (χ0n) is 17.2. The minimum atomic E-state index is -0.0573. The molecule has 0 bridgehead atoms. The maximum absolute atomic E-state index is 12.7. The number of likely N-dealkylation sites (tertiary alicyclic amines) is 1. The monoisotopic (exact) mass is 411 g/mol. The van der Waals surface area contributed by atoms with Gasteiger partial charge in [0.25, 0.3) is 0 Å². The topological polar surface area (TPSA) is 76.8 Å². The second-order valence-electron chi connectivity index (χ2n) is 8.52. The van der Waals surface area contributed by atoms with Crippen LogP contribution >= 0.6 is 12.4 Å². The number of halogens is 1. The van der Waals surface area contributed by atoms with Crippen molar-refractivity contribution in [2.75, 3.05) is 39.4 Å². The number of nitrogens with zero attached hydrogens (tertiary/aromatic N) is 1. The Kier molecular flexibility index (Phi) is 7.98. The molecule has 0 saturated carbocycles. The van der Waals surface area contributed by atoms with Crippen molar-refractivity contribution in [1.29, 1.82) is 0 Å². The molecule has 3 N–H and O–H groups in total. The zero-order valence-corrected chi connectivity index (χ0v) is 18.0. The van der Waals surface area contributed by atoms with Gasteiger partial charge in [0.2, 0.25) is 5.91 Å². The minimum absolute atomic E-state index is 0. The Hall–Kier alpha value is -1.50. The van der Waals surface area contributed by atoms with E-state index in [0.29, 0.717) is 26.3 Å². The molecule has 0 spiro atoms. The van der Waals surface area contributed by atoms with Crippen LogP contribution in [0.25, 0.3) is 0 Å². The first-order valence-corrected chi connectivity index (χ1v) is 10.0. The molecule has 0 aromatic heterocycles. The van der Waals surface area contributed by atoms with Crippen molar-refractivity contribution in [3.8, 4) is 11.5 Å². The lowest BCUT2D eigenvalue weighted by molar-refractivity contribution is -0.123. The lowest BCUT2D eigenvalue weighted by Gasteiger charge is -2.26. The van der Waals surface area contributed by atoms with Crippen LogP contribution in [0.3, 0.4) is 0 Å². The molecule has 2 aliphatic heterocycles. The molecule has 2 aliphatic rings. The molecule has 7 heteroatoms. The van der Waals surface area contributed by atoms with Crippen molar-refractivity contribution in [3.05, 3.63) is 23.8 Å². The molecule has 0 aliphatic carbocycles. The molecule has 1 fully saturated rings. The van der Waals surface area contributed by atoms with E-state index in [9.17, 15) is 4.79 Å². The summed E-state index contributed by atoms with van der Waals surface area (Å²) in [7, 11) is 0. The van der Waals surface area contributed by atoms with Gasteiger partial charge in [-0.25, -0.2) is 0 Å². The maximum atomic E-state index is 12.7. The maximum Gasteiger partial charge on any atom is 0.234 e. The van der Waals surface area contributed by atoms with Crippen molar-refractivity contribution in [2.45, 2.75) is 39.7 Å². The number of nitrogens with one attached hydrogen (secondary N) is 1. The number of carbonyl (C=O) groups excluding carboxylic acids is 1. The van der Waals surface area contributed by atoms with Crippen LogP contribution in [0.15, 0.2) is 18.2 Å². The van der Waals surface area contributed by atoms with Crippen molar-refractivity contribution in [2.24, 2.45) is 17.1 Å². The van der Waals surface area contributed by atoms with E-state index in [1.165, 1.54) is 0 Å². The molecule has 6 nitrogen and oxygen atoms in total. The van der Waals surface area contributed by atoms with Gasteiger partial charge in [0.1, 0.15) is 0 Å². The molecular formula is C21H34ClN3O3. The molecule has 3 rings (SSSR count). The number of hydrogen-bond donors (Lipinski definition) is 2. The van der Waals surface area contributed by atoms with Gasteiger partial charge in [-0.15, -0.1) is 12.4 Å². The fraction of sp³-hybridized carbons (Fsp3) is 0.667. The average molecular weight is 412 g/mol. The molecule has 0 radical (unpaired) electrons. The summed E-state index contributed by atoms with van der Waals surface area (Å²) in [6, 6.07) is 5.93. The van der Waals surface area contributed by atoms with E-state index >= 15 is 0 Å². The third-order valence-corrected chi connectivity index (χ3v) is 5.61. The second-order valence-corrected chi connectivity index (χ2v) is 8.52. The summed E-state index contributed by atoms with van der Waals surface area (Å²) in [6.45, 7) is 10.7. The zero-order chi connectivity index (χ0) is 19.4. The second kappa shape index (κ2) is 9.81. The highest BCUT2D eigenvalue weighted by Gasteiger charge is 2.33. The van der Waals surface area contributed by atoms with Crippen LogP contribution < -0.4 is 20.5 Å². The normalized spacial score (nSPS) is 23.0. The van der Waals surface area contributed by atoms with Crippen LogP contribution in [0, 0.1) is 11.3 Å². The van der Waals surface area contributed by atoms with E-state index in [0.717, 1.165) is 43.0 Å². The van der Waals surface area contributed by atoms with Crippen LogP contribution in [-0.4, -0.2) is 50.2 Å². The number of rotatable bonds is 6. The molecule has 1 aromatic carbocycles. The predicted molar refractivity (Wildman–Crippen MR) is 113 cm³/mol. The molecular weight excluding hydrogens is 378 g/mol. The van der Waals surface area contributed by atoms with Gasteiger partial charge in [0, 0.05) is 13.0 Å². The quantitative estimate of drug-likeness (QED) is 0.752. The fourth-order valence-electron chi connectivity index (χ4n) is 3.86. The van der Waals surface area contributed by atoms with Crippen molar-refractivity contribution in [1.82, 2.24) is 10.2 Å². The Morgan fingerprint density at radius 1 is 1.29 bits per heavy atom. The summed E-state index contributed by atoms with van der Waals surface area (Å²) in [4.78, 5) is 14.9. The Morgan fingerprint density at radius 2 is 2.00 bits per heavy atom. The van der Waals surface area contributed by atoms with Crippen molar-refractivity contribution >= 4 is 18.3 Å². The molecule has 2 heterocycles. The van der Waals surface area contributed by atoms with Crippen LogP contribution in [0.2, 0.25) is 0 Å². The molecule has 2 unspecified atom stereocenters. The highest BCUT2D eigenvalue weighted by molar-refractivity contribution is 5.85. The van der Waals surface area contributed by atoms with Gasteiger partial charge < -0.3 is 20.5 Å². The summed E-state index contributed by atoms with van der Waals surface area (Å²) in [5.74, 6) is 1.88. The van der Waals surface area contributed by atoms with Gasteiger partial charge in [-0.05, 0) is 48.5 Å². The molecule has 1 saturated heterocycles. The largest absolute Gasteiger partial charge is 0.490 e. The molecule has 1 amide bonds. The lowest BCUT2D eigenvalue weighted by atomic mass is 9.90. The van der Waals surface area contributed by atoms with Gasteiger partial charge >= 0.3 is 0 Å². The Bertz CT molecular complexity index is 670. The molecule has 2 atom stereocenters. The Balaban J connectivity index is 0.00000280. The predicted octanol–water partition coefficient (Wildman–Crippen LogP) is 2.75. The number of nitrogens with two attached hydrogens (primary N) is 1. The van der Waals surface area contributed by atoms with Gasteiger partial charge in [-0.3, -0.25) is 9.69 Å². The van der Waals surface area contributed by atoms with Crippen molar-refractivity contribution in [3.63, 3.8) is 0 Å². The number of fused-ring (bicyclic) bond motifs is 1. The van der Waals surface area contributed by atoms with E-state index in [1.807, 2.05) is 18.2 Å². The molecule has 28 heavy (non-hydrogen) atoms. The first-order chi connectivity index (χ1) is 12.9. The van der Waals surface area contributed by atoms with Crippen LogP contribution in [-0.2, 0) is 4.79 Å². The van der Waals surface area contributed by atoms with E-state index in [-0.39, 0.29) is 35.7 Å². The molecule has 158 valence electrons. The highest BCUT2D eigenvalue weighted by atomic mass is 35.5. The van der Waals surface area contributed by atoms with E-state index in [1.54, 1.807) is 0 Å². The SMILES string of the molecule is CC(C)C(NC(=O)CN1CCC(C)(CN)C1)c1ccc2c(c1)OCCCO2.Cl. The third-order valence-electron chi connectivity index (χ3n) is 5.61. The number of amides is 1. The minimum Gasteiger partial charge on any atom is -0.490 e. The number of ether oxygens (including phenoxy) is 2. The van der Waals surface area contributed by atoms with Crippen molar-refractivity contribution < 1.29 is 14.3 Å². The number of carbonyl (C=O) groups is 1. The van der Waals surface area contributed by atoms with Gasteiger partial charge in [0.15, 0.2) is 11.5 Å². The summed E-state index contributed by atoms with van der Waals surface area (Å²) in [5.41, 5.74) is 7.06. The fourth-order valence-corrected chi connectivity index (χ4v) is 3.86. The van der Waals surface area contributed by atoms with Crippen LogP contribution in [0.4, 0.5) is 0 Å². The average Bonchev–Trinajstić information content (AvgIpc) is 2.86. The van der Waals surface area contributed by atoms with Gasteiger partial charge in [-0.1, -0.05) is 26.8 Å². The van der Waals surface area contributed by atoms with Crippen LogP contribution in [0.5, 0.6) is 11.5 Å². The van der Waals surface area contributed by atoms with Crippen LogP contribution in [0.1, 0.15) is 45.2 Å². The highest BCUT2D eigenvalue weighted by Crippen LogP contribution is 2.34. The summed E-state index contributed by atoms with van der Waals surface area (Å²) in [6.07, 6.45) is 1.93. The summed E-state index contributed by atoms with van der Waals surface area (Å²) in [5, 5.41) is 3.22. The van der Waals surface area contributed by atoms with Gasteiger partial charge in [-0.2, -0.15) is 0 Å². The lowest BCUT2D eigenvalue weighted by Crippen LogP contribution is -2.40. The third kappa shape index (κ3) is 5.52. The Labute approximate surface area is 174 Å². The smallest absolute Gasteiger partial charge is 0.234 e. The first-order valence-electron chi connectivity index (χ1n) is 10.0. The summed E-state index contributed by atoms with van der Waals surface area (Å²) < 4.78 is 11.5. The van der Waals surface area contributed by atoms with E-state index in [2.05, 4.69) is 31.0 Å². The van der Waals surface area contributed by atoms with E-state index in [4.69, 9.17) is 15.2 Å². The summed E-state index contributed by atoms with van der Waals surface area (Å²) >= 11 is 0. The standard InChI is InChI=1S/C21H33N3O3.ClH/c1-15(2)20(16-5-6-17-18(11-16)27-10-4-9-26-17)23-19(25)12-24-8-7-21(3,13-22)14-24;/h5-6,11,15,20H,4,7-10,12-14,22H2,1-3H3,(H,23,25);1H. The number of hydrogen-bond acceptors (Lipinski definition) is 5. The molecule has 1 aromatic rings. The first kappa shape index (κ1) is 22.8. The van der Waals surface area contributed by atoms with Gasteiger partial charge in [0.05, 0.1) is 25.8 Å². The van der Waals surface area contributed by atoms with E-state index < -0.39 is 0 Å².